The number of sulfonamides is 1. The number of benzene rings is 2. The van der Waals surface area contributed by atoms with Crippen LogP contribution in [0.3, 0.4) is 0 Å². The summed E-state index contributed by atoms with van der Waals surface area (Å²) >= 11 is 0. The number of allylic oxidation sites excluding steroid dienone is 6. The Morgan fingerprint density at radius 3 is 2.38 bits per heavy atom. The Morgan fingerprint density at radius 1 is 1.07 bits per heavy atom. The van der Waals surface area contributed by atoms with Gasteiger partial charge in [-0.05, 0) is 60.7 Å². The van der Waals surface area contributed by atoms with Gasteiger partial charge in [0.2, 0.25) is 10.0 Å². The number of piperidine rings is 1. The molecule has 2 aromatic carbocycles. The van der Waals surface area contributed by atoms with Gasteiger partial charge < -0.3 is 14.2 Å². The van der Waals surface area contributed by atoms with Crippen molar-refractivity contribution in [3.05, 3.63) is 77.4 Å². The van der Waals surface area contributed by atoms with Gasteiger partial charge >= 0.3 is 6.18 Å². The Balaban J connectivity index is 1.48. The molecule has 0 bridgehead atoms. The van der Waals surface area contributed by atoms with Crippen LogP contribution in [0.2, 0.25) is 0 Å². The van der Waals surface area contributed by atoms with Crippen molar-refractivity contribution in [2.75, 3.05) is 27.3 Å². The number of alkyl halides is 3. The van der Waals surface area contributed by atoms with Gasteiger partial charge in [0, 0.05) is 13.1 Å². The molecule has 4 rings (SSSR count). The number of hydroxylamine groups is 1. The van der Waals surface area contributed by atoms with Crippen molar-refractivity contribution in [3.8, 4) is 17.2 Å². The summed E-state index contributed by atoms with van der Waals surface area (Å²) in [5, 5.41) is 9.24. The SMILES string of the molecule is COc1ccc(S(=O)(=O)N2CCC(Oc3ccc(C4=CC(C(F)(F)F)C=CC=C4)c(C)c3)CC2)c(C(=O)NO)c1OC. The van der Waals surface area contributed by atoms with Crippen molar-refractivity contribution in [3.63, 3.8) is 0 Å². The average Bonchev–Trinajstić information content (AvgIpc) is 3.23. The minimum absolute atomic E-state index is 0.0993. The maximum Gasteiger partial charge on any atom is 0.398 e. The number of rotatable bonds is 8. The van der Waals surface area contributed by atoms with Crippen LogP contribution in [0.4, 0.5) is 13.2 Å². The standard InChI is InChI=1S/C29H31F3N2O7S/c1-18-16-22(8-9-23(18)19-6-4-5-7-20(17-19)29(30,31)32)41-21-12-14-34(15-13-21)42(37,38)25-11-10-24(39-2)27(40-3)26(25)28(35)33-36/h4-11,16-17,20-21,36H,12-15H2,1-3H3,(H,33,35). The van der Waals surface area contributed by atoms with Crippen molar-refractivity contribution in [1.29, 1.82) is 0 Å². The second-order valence-corrected chi connectivity index (χ2v) is 11.7. The van der Waals surface area contributed by atoms with Crippen LogP contribution in [0, 0.1) is 12.8 Å². The van der Waals surface area contributed by atoms with E-state index in [1.165, 1.54) is 48.3 Å². The number of carbonyl (C=O) groups is 1. The predicted molar refractivity (Wildman–Crippen MR) is 148 cm³/mol. The first-order chi connectivity index (χ1) is 19.9. The zero-order valence-corrected chi connectivity index (χ0v) is 24.0. The first kappa shape index (κ1) is 31.1. The molecule has 0 spiro atoms. The molecule has 1 amide bonds. The van der Waals surface area contributed by atoms with Gasteiger partial charge in [0.1, 0.15) is 17.4 Å². The van der Waals surface area contributed by atoms with Crippen LogP contribution in [0.15, 0.2) is 65.6 Å². The van der Waals surface area contributed by atoms with Gasteiger partial charge in [0.25, 0.3) is 5.91 Å². The van der Waals surface area contributed by atoms with Crippen molar-refractivity contribution < 1.29 is 45.8 Å². The Hall–Kier alpha value is -3.81. The summed E-state index contributed by atoms with van der Waals surface area (Å²) in [6, 6.07) is 7.73. The second-order valence-electron chi connectivity index (χ2n) is 9.75. The van der Waals surface area contributed by atoms with Crippen molar-refractivity contribution in [2.24, 2.45) is 5.92 Å². The van der Waals surface area contributed by atoms with E-state index < -0.39 is 28.0 Å². The number of aryl methyl sites for hydroxylation is 1. The molecule has 1 fully saturated rings. The van der Waals surface area contributed by atoms with E-state index in [0.29, 0.717) is 29.7 Å². The largest absolute Gasteiger partial charge is 0.493 e. The first-order valence-corrected chi connectivity index (χ1v) is 14.4. The van der Waals surface area contributed by atoms with Crippen LogP contribution in [-0.2, 0) is 10.0 Å². The normalized spacial score (nSPS) is 18.3. The zero-order valence-electron chi connectivity index (χ0n) is 23.1. The number of carbonyl (C=O) groups excluding carboxylic acids is 1. The number of hydrogen-bond donors (Lipinski definition) is 2. The minimum Gasteiger partial charge on any atom is -0.493 e. The number of amides is 1. The Bertz CT molecular complexity index is 1530. The summed E-state index contributed by atoms with van der Waals surface area (Å²) in [5.74, 6) is -2.26. The van der Waals surface area contributed by atoms with E-state index in [-0.39, 0.29) is 41.2 Å². The third-order valence-corrected chi connectivity index (χ3v) is 9.05. The lowest BCUT2D eigenvalue weighted by atomic mass is 9.96. The van der Waals surface area contributed by atoms with Crippen molar-refractivity contribution >= 4 is 21.5 Å². The summed E-state index contributed by atoms with van der Waals surface area (Å²) in [7, 11) is -1.59. The highest BCUT2D eigenvalue weighted by atomic mass is 32.2. The van der Waals surface area contributed by atoms with Gasteiger partial charge in [-0.3, -0.25) is 10.0 Å². The molecule has 2 aromatic rings. The van der Waals surface area contributed by atoms with Crippen LogP contribution in [0.25, 0.3) is 5.57 Å². The van der Waals surface area contributed by atoms with Crippen LogP contribution < -0.4 is 19.7 Å². The Morgan fingerprint density at radius 2 is 1.79 bits per heavy atom. The smallest absolute Gasteiger partial charge is 0.398 e. The lowest BCUT2D eigenvalue weighted by Gasteiger charge is -2.32. The number of methoxy groups -OCH3 is 2. The molecule has 1 atom stereocenters. The fourth-order valence-electron chi connectivity index (χ4n) is 4.98. The van der Waals surface area contributed by atoms with Crippen LogP contribution >= 0.6 is 0 Å². The van der Waals surface area contributed by atoms with Crippen LogP contribution in [-0.4, -0.2) is 63.4 Å². The molecule has 13 heteroatoms. The topological polar surface area (TPSA) is 114 Å². The minimum atomic E-state index is -4.39. The van der Waals surface area contributed by atoms with E-state index in [2.05, 4.69) is 0 Å². The predicted octanol–water partition coefficient (Wildman–Crippen LogP) is 5.05. The summed E-state index contributed by atoms with van der Waals surface area (Å²) in [6.45, 7) is 1.99. The molecule has 0 radical (unpaired) electrons. The van der Waals surface area contributed by atoms with E-state index in [1.807, 2.05) is 0 Å². The third kappa shape index (κ3) is 6.48. The van der Waals surface area contributed by atoms with Crippen LogP contribution in [0.5, 0.6) is 17.2 Å². The van der Waals surface area contributed by atoms with E-state index in [4.69, 9.17) is 14.2 Å². The highest BCUT2D eigenvalue weighted by Gasteiger charge is 2.37. The third-order valence-electron chi connectivity index (χ3n) is 7.11. The van der Waals surface area contributed by atoms with Crippen LogP contribution in [0.1, 0.15) is 34.3 Å². The fraction of sp³-hybridized carbons (Fsp3) is 0.345. The van der Waals surface area contributed by atoms with Crippen molar-refractivity contribution in [1.82, 2.24) is 9.79 Å². The molecule has 42 heavy (non-hydrogen) atoms. The lowest BCUT2D eigenvalue weighted by Crippen LogP contribution is -2.42. The molecule has 226 valence electrons. The number of nitrogens with zero attached hydrogens (tertiary/aromatic N) is 1. The molecule has 1 aliphatic carbocycles. The average molecular weight is 609 g/mol. The number of hydrogen-bond acceptors (Lipinski definition) is 7. The monoisotopic (exact) mass is 608 g/mol. The molecule has 9 nitrogen and oxygen atoms in total. The molecular formula is C29H31F3N2O7S. The Kier molecular flexibility index (Phi) is 9.34. The van der Waals surface area contributed by atoms with Gasteiger partial charge in [-0.15, -0.1) is 0 Å². The Labute approximate surface area is 241 Å². The molecular weight excluding hydrogens is 577 g/mol. The molecule has 1 saturated heterocycles. The quantitative estimate of drug-likeness (QED) is 0.319. The summed E-state index contributed by atoms with van der Waals surface area (Å²) in [5.41, 5.74) is 2.91. The van der Waals surface area contributed by atoms with Gasteiger partial charge in [0.15, 0.2) is 11.5 Å². The van der Waals surface area contributed by atoms with Gasteiger partial charge in [-0.2, -0.15) is 17.5 Å². The van der Waals surface area contributed by atoms with Gasteiger partial charge in [0.05, 0.1) is 25.0 Å². The molecule has 1 heterocycles. The van der Waals surface area contributed by atoms with Crippen molar-refractivity contribution in [2.45, 2.75) is 36.9 Å². The van der Waals surface area contributed by atoms with E-state index in [9.17, 15) is 31.6 Å². The van der Waals surface area contributed by atoms with E-state index >= 15 is 0 Å². The first-order valence-electron chi connectivity index (χ1n) is 13.0. The number of halogens is 3. The maximum absolute atomic E-state index is 13.5. The second kappa shape index (κ2) is 12.6. The van der Waals surface area contributed by atoms with E-state index in [1.54, 1.807) is 37.3 Å². The molecule has 0 aromatic heterocycles. The highest BCUT2D eigenvalue weighted by molar-refractivity contribution is 7.89. The lowest BCUT2D eigenvalue weighted by molar-refractivity contribution is -0.148. The molecule has 2 aliphatic rings. The highest BCUT2D eigenvalue weighted by Crippen LogP contribution is 2.38. The summed E-state index contributed by atoms with van der Waals surface area (Å²) < 4.78 is 84.8. The van der Waals surface area contributed by atoms with Gasteiger partial charge in [-0.25, -0.2) is 13.9 Å². The summed E-state index contributed by atoms with van der Waals surface area (Å²) in [6.07, 6.45) is 2.88. The fourth-order valence-corrected chi connectivity index (χ4v) is 6.63. The number of ether oxygens (including phenoxy) is 3. The zero-order chi connectivity index (χ0) is 30.7. The molecule has 1 unspecified atom stereocenters. The van der Waals surface area contributed by atoms with E-state index in [0.717, 1.165) is 11.6 Å². The molecule has 1 aliphatic heterocycles. The number of nitrogens with one attached hydrogen (secondary N) is 1. The maximum atomic E-state index is 13.5. The molecule has 2 N–H and O–H groups in total. The summed E-state index contributed by atoms with van der Waals surface area (Å²) in [4.78, 5) is 12.1. The van der Waals surface area contributed by atoms with Gasteiger partial charge in [-0.1, -0.05) is 36.4 Å². The molecule has 0 saturated carbocycles.